The molecule has 0 bridgehead atoms. The standard InChI is InChI=1S/C31H46N2O5/c1-20-9-8-10-21(2)29(35)22(3)30(36)31(4,5)17-15-28(34)38-25(13-11-20)23-12-14-26-24(19-23)32-27(37-26)16-18-33(6)7/h11-12,14,19,21-22,25,29,35H,8-10,13,15-18H2,1-7H3/b20-11-/t21-,22+,25?,29?/m0/s1. The molecule has 7 nitrogen and oxygen atoms in total. The Labute approximate surface area is 227 Å². The molecule has 2 unspecified atom stereocenters. The molecule has 1 aromatic carbocycles. The largest absolute Gasteiger partial charge is 0.457 e. The van der Waals surface area contributed by atoms with E-state index in [0.29, 0.717) is 18.7 Å². The number of aliphatic hydroxyl groups excluding tert-OH is 1. The first-order chi connectivity index (χ1) is 17.9. The topological polar surface area (TPSA) is 92.9 Å². The van der Waals surface area contributed by atoms with Gasteiger partial charge in [-0.25, -0.2) is 4.98 Å². The first-order valence-corrected chi connectivity index (χ1v) is 14.0. The van der Waals surface area contributed by atoms with Gasteiger partial charge in [0.2, 0.25) is 0 Å². The number of hydrogen-bond acceptors (Lipinski definition) is 7. The lowest BCUT2D eigenvalue weighted by Gasteiger charge is -2.31. The van der Waals surface area contributed by atoms with E-state index in [4.69, 9.17) is 9.15 Å². The van der Waals surface area contributed by atoms with E-state index in [1.165, 1.54) is 5.57 Å². The zero-order valence-corrected chi connectivity index (χ0v) is 24.3. The molecule has 210 valence electrons. The molecule has 0 fully saturated rings. The average molecular weight is 527 g/mol. The van der Waals surface area contributed by atoms with Crippen LogP contribution in [0.15, 0.2) is 34.3 Å². The summed E-state index contributed by atoms with van der Waals surface area (Å²) in [5, 5.41) is 10.8. The Morgan fingerprint density at radius 2 is 1.89 bits per heavy atom. The van der Waals surface area contributed by atoms with Gasteiger partial charge in [0.25, 0.3) is 0 Å². The number of aliphatic hydroxyl groups is 1. The third kappa shape index (κ3) is 8.00. The van der Waals surface area contributed by atoms with E-state index < -0.39 is 23.5 Å². The van der Waals surface area contributed by atoms with Crippen molar-refractivity contribution in [3.05, 3.63) is 41.3 Å². The molecule has 4 atom stereocenters. The number of hydrogen-bond donors (Lipinski definition) is 1. The highest BCUT2D eigenvalue weighted by atomic mass is 16.5. The Kier molecular flexibility index (Phi) is 10.3. The molecular formula is C31H46N2O5. The molecule has 1 aromatic heterocycles. The summed E-state index contributed by atoms with van der Waals surface area (Å²) in [5.74, 6) is -0.101. The van der Waals surface area contributed by atoms with E-state index in [0.717, 1.165) is 48.9 Å². The number of carbonyl (C=O) groups is 2. The summed E-state index contributed by atoms with van der Waals surface area (Å²) < 4.78 is 11.9. The summed E-state index contributed by atoms with van der Waals surface area (Å²) in [7, 11) is 4.03. The van der Waals surface area contributed by atoms with Crippen LogP contribution >= 0.6 is 0 Å². The van der Waals surface area contributed by atoms with Gasteiger partial charge in [0.05, 0.1) is 6.10 Å². The number of ether oxygens (including phenoxy) is 1. The van der Waals surface area contributed by atoms with Crippen LogP contribution in [-0.4, -0.2) is 53.5 Å². The van der Waals surface area contributed by atoms with Crippen LogP contribution in [0.2, 0.25) is 0 Å². The molecule has 0 spiro atoms. The molecule has 38 heavy (non-hydrogen) atoms. The predicted octanol–water partition coefficient (Wildman–Crippen LogP) is 6.05. The maximum absolute atomic E-state index is 13.2. The van der Waals surface area contributed by atoms with Crippen LogP contribution < -0.4 is 0 Å². The normalized spacial score (nSPS) is 27.8. The number of nitrogens with zero attached hydrogens (tertiary/aromatic N) is 2. The van der Waals surface area contributed by atoms with Gasteiger partial charge in [-0.15, -0.1) is 0 Å². The summed E-state index contributed by atoms with van der Waals surface area (Å²) in [6.45, 7) is 10.5. The highest BCUT2D eigenvalue weighted by Crippen LogP contribution is 2.33. The lowest BCUT2D eigenvalue weighted by atomic mass is 9.74. The Morgan fingerprint density at radius 1 is 1.16 bits per heavy atom. The van der Waals surface area contributed by atoms with E-state index in [1.54, 1.807) is 6.92 Å². The van der Waals surface area contributed by atoms with Crippen LogP contribution in [0.1, 0.15) is 90.7 Å². The average Bonchev–Trinajstić information content (AvgIpc) is 3.29. The lowest BCUT2D eigenvalue weighted by Crippen LogP contribution is -2.39. The molecule has 0 radical (unpaired) electrons. The van der Waals surface area contributed by atoms with Crippen molar-refractivity contribution in [3.63, 3.8) is 0 Å². The number of rotatable bonds is 4. The van der Waals surface area contributed by atoms with Gasteiger partial charge in [0.1, 0.15) is 17.4 Å². The molecule has 1 aliphatic rings. The lowest BCUT2D eigenvalue weighted by molar-refractivity contribution is -0.150. The number of allylic oxidation sites excluding steroid dienone is 1. The number of fused-ring (bicyclic) bond motifs is 1. The molecule has 0 aliphatic carbocycles. The smallest absolute Gasteiger partial charge is 0.306 e. The second-order valence-corrected chi connectivity index (χ2v) is 12.0. The van der Waals surface area contributed by atoms with Gasteiger partial charge in [-0.05, 0) is 70.3 Å². The van der Waals surface area contributed by atoms with Crippen LogP contribution in [0.5, 0.6) is 0 Å². The Hall–Kier alpha value is -2.51. The number of benzene rings is 1. The van der Waals surface area contributed by atoms with Gasteiger partial charge in [-0.1, -0.05) is 45.4 Å². The number of carbonyl (C=O) groups excluding carboxylic acids is 2. The second-order valence-electron chi connectivity index (χ2n) is 12.0. The second kappa shape index (κ2) is 13.0. The fourth-order valence-corrected chi connectivity index (χ4v) is 5.17. The van der Waals surface area contributed by atoms with Gasteiger partial charge < -0.3 is 19.2 Å². The molecular weight excluding hydrogens is 480 g/mol. The third-order valence-corrected chi connectivity index (χ3v) is 7.92. The van der Waals surface area contributed by atoms with Crippen LogP contribution in [0.3, 0.4) is 0 Å². The summed E-state index contributed by atoms with van der Waals surface area (Å²) in [4.78, 5) is 33.0. The maximum atomic E-state index is 13.2. The first kappa shape index (κ1) is 30.0. The van der Waals surface area contributed by atoms with E-state index in [1.807, 2.05) is 53.1 Å². The molecule has 0 amide bonds. The zero-order chi connectivity index (χ0) is 28.0. The summed E-state index contributed by atoms with van der Waals surface area (Å²) in [6, 6.07) is 5.80. The molecule has 0 saturated carbocycles. The minimum atomic E-state index is -0.731. The molecule has 1 N–H and O–H groups in total. The van der Waals surface area contributed by atoms with Crippen LogP contribution in [0, 0.1) is 17.3 Å². The SMILES string of the molecule is C/C1=C/CC(c2ccc3oc(CCN(C)C)nc3c2)OC(=O)CCC(C)(C)C(=O)[C@H](C)C(O)[C@@H](C)CCC1. The van der Waals surface area contributed by atoms with Gasteiger partial charge in [0, 0.05) is 37.1 Å². The van der Waals surface area contributed by atoms with E-state index in [2.05, 4.69) is 22.9 Å². The maximum Gasteiger partial charge on any atom is 0.306 e. The summed E-state index contributed by atoms with van der Waals surface area (Å²) in [5.41, 5.74) is 2.85. The van der Waals surface area contributed by atoms with Gasteiger partial charge in [-0.2, -0.15) is 0 Å². The number of ketones is 1. The number of esters is 1. The number of aromatic nitrogens is 1. The van der Waals surface area contributed by atoms with Crippen molar-refractivity contribution in [1.82, 2.24) is 9.88 Å². The number of cyclic esters (lactones) is 1. The van der Waals surface area contributed by atoms with E-state index >= 15 is 0 Å². The van der Waals surface area contributed by atoms with Crippen molar-refractivity contribution in [1.29, 1.82) is 0 Å². The molecule has 3 rings (SSSR count). The zero-order valence-electron chi connectivity index (χ0n) is 24.3. The van der Waals surface area contributed by atoms with E-state index in [-0.39, 0.29) is 24.1 Å². The van der Waals surface area contributed by atoms with Crippen LogP contribution in [0.25, 0.3) is 11.1 Å². The molecule has 2 heterocycles. The van der Waals surface area contributed by atoms with Crippen molar-refractivity contribution in [2.24, 2.45) is 17.3 Å². The Balaban J connectivity index is 1.85. The van der Waals surface area contributed by atoms with Gasteiger partial charge in [0.15, 0.2) is 11.5 Å². The van der Waals surface area contributed by atoms with Crippen molar-refractivity contribution in [2.75, 3.05) is 20.6 Å². The summed E-state index contributed by atoms with van der Waals surface area (Å²) >= 11 is 0. The highest BCUT2D eigenvalue weighted by Gasteiger charge is 2.37. The number of oxazole rings is 1. The fourth-order valence-electron chi connectivity index (χ4n) is 5.17. The third-order valence-electron chi connectivity index (χ3n) is 7.92. The number of Topliss-reactive ketones (excluding diaryl/α,β-unsaturated/α-hetero) is 1. The minimum absolute atomic E-state index is 0.00840. The Bertz CT molecular complexity index is 1130. The molecule has 2 aromatic rings. The van der Waals surface area contributed by atoms with Crippen LogP contribution in [0.4, 0.5) is 0 Å². The minimum Gasteiger partial charge on any atom is -0.457 e. The van der Waals surface area contributed by atoms with E-state index in [9.17, 15) is 14.7 Å². The predicted molar refractivity (Wildman–Crippen MR) is 150 cm³/mol. The fraction of sp³-hybridized carbons (Fsp3) is 0.645. The Morgan fingerprint density at radius 3 is 2.61 bits per heavy atom. The monoisotopic (exact) mass is 526 g/mol. The van der Waals surface area contributed by atoms with Crippen molar-refractivity contribution < 1.29 is 23.8 Å². The molecule has 0 saturated heterocycles. The van der Waals surface area contributed by atoms with Crippen LogP contribution in [-0.2, 0) is 20.7 Å². The molecule has 1 aliphatic heterocycles. The first-order valence-electron chi connectivity index (χ1n) is 14.0. The van der Waals surface area contributed by atoms with Gasteiger partial charge >= 0.3 is 5.97 Å². The quantitative estimate of drug-likeness (QED) is 0.383. The van der Waals surface area contributed by atoms with Crippen molar-refractivity contribution in [3.8, 4) is 0 Å². The van der Waals surface area contributed by atoms with Gasteiger partial charge in [-0.3, -0.25) is 9.59 Å². The highest BCUT2D eigenvalue weighted by molar-refractivity contribution is 5.87. The molecule has 7 heteroatoms. The van der Waals surface area contributed by atoms with Crippen molar-refractivity contribution in [2.45, 2.75) is 91.8 Å². The van der Waals surface area contributed by atoms with Crippen molar-refractivity contribution >= 4 is 22.9 Å². The number of likely N-dealkylation sites (N-methyl/N-ethyl adjacent to an activating group) is 1. The summed E-state index contributed by atoms with van der Waals surface area (Å²) in [6.07, 6.45) is 5.47.